The van der Waals surface area contributed by atoms with E-state index in [0.717, 1.165) is 21.9 Å². The van der Waals surface area contributed by atoms with Gasteiger partial charge in [-0.2, -0.15) is 5.10 Å². The van der Waals surface area contributed by atoms with Crippen LogP contribution >= 0.6 is 11.6 Å². The Morgan fingerprint density at radius 2 is 2.00 bits per heavy atom. The summed E-state index contributed by atoms with van der Waals surface area (Å²) in [5.74, 6) is 0.821. The second-order valence-corrected chi connectivity index (χ2v) is 4.41. The predicted octanol–water partition coefficient (Wildman–Crippen LogP) is 3.47. The molecule has 0 aliphatic rings. The highest BCUT2D eigenvalue weighted by Gasteiger charge is 1.97. The average molecular weight is 275 g/mol. The normalized spacial score (nSPS) is 10.6. The monoisotopic (exact) mass is 274 g/mol. The first-order valence-electron chi connectivity index (χ1n) is 5.95. The lowest BCUT2D eigenvalue weighted by Gasteiger charge is -2.06. The molecule has 0 atom stereocenters. The SMILES string of the molecule is CN/N=C/c1ccc(OCc2cccc(Cl)c2)cc1. The van der Waals surface area contributed by atoms with Crippen LogP contribution < -0.4 is 10.2 Å². The Bertz CT molecular complexity index is 552. The molecule has 19 heavy (non-hydrogen) atoms. The molecular weight excluding hydrogens is 260 g/mol. The van der Waals surface area contributed by atoms with Crippen LogP contribution in [0.15, 0.2) is 53.6 Å². The number of hydrogen-bond acceptors (Lipinski definition) is 3. The third-order valence-electron chi connectivity index (χ3n) is 2.52. The smallest absolute Gasteiger partial charge is 0.119 e. The lowest BCUT2D eigenvalue weighted by atomic mass is 10.2. The van der Waals surface area contributed by atoms with Crippen LogP contribution in [-0.4, -0.2) is 13.3 Å². The zero-order valence-corrected chi connectivity index (χ0v) is 11.4. The fourth-order valence-electron chi connectivity index (χ4n) is 1.58. The summed E-state index contributed by atoms with van der Waals surface area (Å²) in [6, 6.07) is 15.4. The van der Waals surface area contributed by atoms with Crippen LogP contribution in [0, 0.1) is 0 Å². The molecule has 0 saturated heterocycles. The van der Waals surface area contributed by atoms with Crippen molar-refractivity contribution >= 4 is 17.8 Å². The summed E-state index contributed by atoms with van der Waals surface area (Å²) in [6.07, 6.45) is 1.75. The van der Waals surface area contributed by atoms with Crippen LogP contribution in [0.1, 0.15) is 11.1 Å². The Labute approximate surface area is 117 Å². The molecule has 0 spiro atoms. The number of nitrogens with zero attached hydrogens (tertiary/aromatic N) is 1. The van der Waals surface area contributed by atoms with Crippen molar-refractivity contribution in [1.29, 1.82) is 0 Å². The Morgan fingerprint density at radius 1 is 1.21 bits per heavy atom. The van der Waals surface area contributed by atoms with Crippen molar-refractivity contribution in [1.82, 2.24) is 5.43 Å². The highest BCUT2D eigenvalue weighted by atomic mass is 35.5. The highest BCUT2D eigenvalue weighted by Crippen LogP contribution is 2.15. The molecule has 1 N–H and O–H groups in total. The third-order valence-corrected chi connectivity index (χ3v) is 2.75. The van der Waals surface area contributed by atoms with Gasteiger partial charge >= 0.3 is 0 Å². The number of rotatable bonds is 5. The Balaban J connectivity index is 1.94. The number of hydrogen-bond donors (Lipinski definition) is 1. The van der Waals surface area contributed by atoms with Gasteiger partial charge in [-0.1, -0.05) is 23.7 Å². The molecule has 0 aliphatic carbocycles. The number of benzene rings is 2. The first-order valence-corrected chi connectivity index (χ1v) is 6.33. The minimum absolute atomic E-state index is 0.504. The molecule has 4 heteroatoms. The van der Waals surface area contributed by atoms with E-state index in [-0.39, 0.29) is 0 Å². The van der Waals surface area contributed by atoms with Gasteiger partial charge in [-0.05, 0) is 47.5 Å². The van der Waals surface area contributed by atoms with E-state index in [1.807, 2.05) is 48.5 Å². The molecule has 0 fully saturated rings. The standard InChI is InChI=1S/C15H15ClN2O/c1-17-18-10-12-5-7-15(8-6-12)19-11-13-3-2-4-14(16)9-13/h2-10,17H,11H2,1H3/b18-10+. The van der Waals surface area contributed by atoms with Crippen molar-refractivity contribution in [3.8, 4) is 5.75 Å². The maximum absolute atomic E-state index is 5.92. The van der Waals surface area contributed by atoms with Crippen LogP contribution in [0.4, 0.5) is 0 Å². The summed E-state index contributed by atoms with van der Waals surface area (Å²) < 4.78 is 5.69. The summed E-state index contributed by atoms with van der Waals surface area (Å²) in [7, 11) is 1.76. The molecule has 0 unspecified atom stereocenters. The van der Waals surface area contributed by atoms with E-state index >= 15 is 0 Å². The minimum atomic E-state index is 0.504. The van der Waals surface area contributed by atoms with Gasteiger partial charge in [-0.25, -0.2) is 0 Å². The molecule has 2 aromatic carbocycles. The lowest BCUT2D eigenvalue weighted by Crippen LogP contribution is -1.96. The first-order chi connectivity index (χ1) is 9.28. The minimum Gasteiger partial charge on any atom is -0.489 e. The van der Waals surface area contributed by atoms with Gasteiger partial charge in [-0.3, -0.25) is 0 Å². The molecule has 3 nitrogen and oxygen atoms in total. The topological polar surface area (TPSA) is 33.6 Å². The fourth-order valence-corrected chi connectivity index (χ4v) is 1.80. The Morgan fingerprint density at radius 3 is 2.68 bits per heavy atom. The van der Waals surface area contributed by atoms with Crippen LogP contribution in [0.5, 0.6) is 5.75 Å². The van der Waals surface area contributed by atoms with Crippen molar-refractivity contribution < 1.29 is 4.74 Å². The molecular formula is C15H15ClN2O. The first kappa shape index (κ1) is 13.4. The quantitative estimate of drug-likeness (QED) is 0.669. The second kappa shape index (κ2) is 6.81. The van der Waals surface area contributed by atoms with E-state index in [0.29, 0.717) is 6.61 Å². The average Bonchev–Trinajstić information content (AvgIpc) is 2.44. The number of hydrazone groups is 1. The molecule has 0 heterocycles. The van der Waals surface area contributed by atoms with Gasteiger partial charge < -0.3 is 10.2 Å². The van der Waals surface area contributed by atoms with Crippen LogP contribution in [0.25, 0.3) is 0 Å². The molecule has 0 saturated carbocycles. The summed E-state index contributed by atoms with van der Waals surface area (Å²) in [4.78, 5) is 0. The summed E-state index contributed by atoms with van der Waals surface area (Å²) in [6.45, 7) is 0.504. The zero-order chi connectivity index (χ0) is 13.5. The van der Waals surface area contributed by atoms with Crippen molar-refractivity contribution in [2.75, 3.05) is 7.05 Å². The Kier molecular flexibility index (Phi) is 4.81. The van der Waals surface area contributed by atoms with Gasteiger partial charge in [0.1, 0.15) is 12.4 Å². The summed E-state index contributed by atoms with van der Waals surface area (Å²) in [5, 5.41) is 4.67. The molecule has 0 bridgehead atoms. The zero-order valence-electron chi connectivity index (χ0n) is 10.6. The number of ether oxygens (including phenoxy) is 1. The van der Waals surface area contributed by atoms with Crippen LogP contribution in [0.2, 0.25) is 5.02 Å². The van der Waals surface area contributed by atoms with E-state index in [2.05, 4.69) is 10.5 Å². The van der Waals surface area contributed by atoms with Crippen molar-refractivity contribution in [2.24, 2.45) is 5.10 Å². The van der Waals surface area contributed by atoms with Gasteiger partial charge in [0.2, 0.25) is 0 Å². The summed E-state index contributed by atoms with van der Waals surface area (Å²) in [5.41, 5.74) is 4.78. The maximum atomic E-state index is 5.92. The van der Waals surface area contributed by atoms with Crippen molar-refractivity contribution in [2.45, 2.75) is 6.61 Å². The summed E-state index contributed by atoms with van der Waals surface area (Å²) >= 11 is 5.92. The van der Waals surface area contributed by atoms with Gasteiger partial charge in [0, 0.05) is 12.1 Å². The lowest BCUT2D eigenvalue weighted by molar-refractivity contribution is 0.306. The molecule has 2 rings (SSSR count). The largest absolute Gasteiger partial charge is 0.489 e. The number of halogens is 1. The second-order valence-electron chi connectivity index (χ2n) is 3.97. The molecule has 0 amide bonds. The molecule has 98 valence electrons. The van der Waals surface area contributed by atoms with Crippen molar-refractivity contribution in [3.63, 3.8) is 0 Å². The van der Waals surface area contributed by atoms with Crippen LogP contribution in [-0.2, 0) is 6.61 Å². The van der Waals surface area contributed by atoms with E-state index in [4.69, 9.17) is 16.3 Å². The van der Waals surface area contributed by atoms with Crippen LogP contribution in [0.3, 0.4) is 0 Å². The Hall–Kier alpha value is -2.00. The van der Waals surface area contributed by atoms with E-state index in [1.54, 1.807) is 13.3 Å². The van der Waals surface area contributed by atoms with Gasteiger partial charge in [0.15, 0.2) is 0 Å². The third kappa shape index (κ3) is 4.30. The predicted molar refractivity (Wildman–Crippen MR) is 78.9 cm³/mol. The van der Waals surface area contributed by atoms with E-state index in [9.17, 15) is 0 Å². The van der Waals surface area contributed by atoms with E-state index in [1.165, 1.54) is 0 Å². The highest BCUT2D eigenvalue weighted by molar-refractivity contribution is 6.30. The van der Waals surface area contributed by atoms with Crippen molar-refractivity contribution in [3.05, 3.63) is 64.7 Å². The molecule has 0 aromatic heterocycles. The fraction of sp³-hybridized carbons (Fsp3) is 0.133. The molecule has 0 aliphatic heterocycles. The van der Waals surface area contributed by atoms with Gasteiger partial charge in [0.25, 0.3) is 0 Å². The maximum Gasteiger partial charge on any atom is 0.119 e. The van der Waals surface area contributed by atoms with E-state index < -0.39 is 0 Å². The molecule has 0 radical (unpaired) electrons. The van der Waals surface area contributed by atoms with Gasteiger partial charge in [0.05, 0.1) is 6.21 Å². The van der Waals surface area contributed by atoms with Gasteiger partial charge in [-0.15, -0.1) is 0 Å². The number of nitrogens with one attached hydrogen (secondary N) is 1. The molecule has 2 aromatic rings.